The van der Waals surface area contributed by atoms with Crippen molar-refractivity contribution in [3.8, 4) is 6.07 Å². The zero-order valence-electron chi connectivity index (χ0n) is 21.0. The molecule has 2 aromatic rings. The number of anilines is 1. The number of carbonyl (C=O) groups is 1. The SMILES string of the molecule is CN(C)CC[C@H](CSc1ccccc1F)Nc1ccc(S(=O)(=O)NC(=O)C2(F)CCCCC2)cc1C#N. The second-order valence-corrected chi connectivity index (χ2v) is 12.2. The summed E-state index contributed by atoms with van der Waals surface area (Å²) in [5.74, 6) is -0.966. The number of nitrogens with zero attached hydrogens (tertiary/aromatic N) is 2. The average molecular weight is 551 g/mol. The number of hydrogen-bond acceptors (Lipinski definition) is 7. The van der Waals surface area contributed by atoms with E-state index < -0.39 is 21.6 Å². The van der Waals surface area contributed by atoms with Crippen molar-refractivity contribution >= 4 is 33.4 Å². The van der Waals surface area contributed by atoms with Crippen molar-refractivity contribution in [2.45, 2.75) is 60.0 Å². The largest absolute Gasteiger partial charge is 0.380 e. The predicted molar refractivity (Wildman–Crippen MR) is 141 cm³/mol. The van der Waals surface area contributed by atoms with Crippen LogP contribution in [0.5, 0.6) is 0 Å². The molecule has 7 nitrogen and oxygen atoms in total. The van der Waals surface area contributed by atoms with E-state index in [-0.39, 0.29) is 35.2 Å². The molecule has 11 heteroatoms. The van der Waals surface area contributed by atoms with Crippen molar-refractivity contribution in [1.82, 2.24) is 9.62 Å². The minimum Gasteiger partial charge on any atom is -0.380 e. The first-order chi connectivity index (χ1) is 17.5. The van der Waals surface area contributed by atoms with Gasteiger partial charge in [0.2, 0.25) is 0 Å². The van der Waals surface area contributed by atoms with Crippen LogP contribution < -0.4 is 10.0 Å². The number of alkyl halides is 1. The normalized spacial score (nSPS) is 16.1. The van der Waals surface area contributed by atoms with Crippen molar-refractivity contribution in [1.29, 1.82) is 5.26 Å². The van der Waals surface area contributed by atoms with Gasteiger partial charge >= 0.3 is 0 Å². The van der Waals surface area contributed by atoms with Crippen LogP contribution in [0, 0.1) is 17.1 Å². The molecule has 0 aliphatic heterocycles. The van der Waals surface area contributed by atoms with E-state index in [0.29, 0.717) is 35.6 Å². The number of sulfonamides is 1. The van der Waals surface area contributed by atoms with Crippen LogP contribution in [0.3, 0.4) is 0 Å². The first-order valence-electron chi connectivity index (χ1n) is 12.1. The fourth-order valence-corrected chi connectivity index (χ4v) is 6.18. The molecule has 2 aromatic carbocycles. The Hall–Kier alpha value is -2.68. The second kappa shape index (κ2) is 12.7. The number of benzene rings is 2. The van der Waals surface area contributed by atoms with Gasteiger partial charge < -0.3 is 10.2 Å². The summed E-state index contributed by atoms with van der Waals surface area (Å²) in [7, 11) is -0.498. The lowest BCUT2D eigenvalue weighted by molar-refractivity contribution is -0.133. The van der Waals surface area contributed by atoms with Gasteiger partial charge in [0.15, 0.2) is 5.67 Å². The van der Waals surface area contributed by atoms with Gasteiger partial charge in [-0.3, -0.25) is 4.79 Å². The summed E-state index contributed by atoms with van der Waals surface area (Å²) >= 11 is 1.35. The van der Waals surface area contributed by atoms with Gasteiger partial charge in [0, 0.05) is 16.7 Å². The number of rotatable bonds is 11. The lowest BCUT2D eigenvalue weighted by Crippen LogP contribution is -2.46. The zero-order valence-corrected chi connectivity index (χ0v) is 22.6. The first-order valence-corrected chi connectivity index (χ1v) is 14.6. The number of thioether (sulfide) groups is 1. The maximum atomic E-state index is 14.9. The number of nitriles is 1. The second-order valence-electron chi connectivity index (χ2n) is 9.45. The molecule has 0 heterocycles. The van der Waals surface area contributed by atoms with E-state index in [2.05, 4.69) is 5.32 Å². The Morgan fingerprint density at radius 3 is 2.54 bits per heavy atom. The lowest BCUT2D eigenvalue weighted by atomic mass is 9.86. The van der Waals surface area contributed by atoms with E-state index in [9.17, 15) is 27.3 Å². The van der Waals surface area contributed by atoms with E-state index in [1.807, 2.05) is 29.8 Å². The van der Waals surface area contributed by atoms with Crippen molar-refractivity contribution in [3.63, 3.8) is 0 Å². The molecule has 200 valence electrons. The topological polar surface area (TPSA) is 102 Å². The molecule has 1 aliphatic carbocycles. The molecule has 0 unspecified atom stereocenters. The van der Waals surface area contributed by atoms with Gasteiger partial charge in [-0.25, -0.2) is 21.9 Å². The third-order valence-electron chi connectivity index (χ3n) is 6.26. The van der Waals surface area contributed by atoms with Crippen LogP contribution >= 0.6 is 11.8 Å². The quantitative estimate of drug-likeness (QED) is 0.391. The standard InChI is InChI=1S/C26H32F2N4O3S2/c1-32(2)15-12-20(18-36-24-9-5-4-8-22(24)27)30-23-11-10-21(16-19(23)17-29)37(34,35)31-25(33)26(28)13-6-3-7-14-26/h4-5,8-11,16,20,30H,3,6-7,12-15,18H2,1-2H3,(H,31,33)/t20-/m1/s1. The Bertz CT molecular complexity index is 1240. The van der Waals surface area contributed by atoms with E-state index in [1.54, 1.807) is 18.2 Å². The van der Waals surface area contributed by atoms with E-state index in [1.165, 1.54) is 30.0 Å². The third-order valence-corrected chi connectivity index (χ3v) is 8.80. The summed E-state index contributed by atoms with van der Waals surface area (Å²) in [6.45, 7) is 0.737. The monoisotopic (exact) mass is 550 g/mol. The smallest absolute Gasteiger partial charge is 0.271 e. The minimum atomic E-state index is -4.37. The highest BCUT2D eigenvalue weighted by atomic mass is 32.2. The molecule has 1 aliphatic rings. The van der Waals surface area contributed by atoms with Gasteiger partial charge in [-0.1, -0.05) is 18.6 Å². The zero-order chi connectivity index (χ0) is 27.1. The highest BCUT2D eigenvalue weighted by Gasteiger charge is 2.41. The van der Waals surface area contributed by atoms with Gasteiger partial charge in [-0.2, -0.15) is 5.26 Å². The minimum absolute atomic E-state index is 0.0140. The molecule has 37 heavy (non-hydrogen) atoms. The summed E-state index contributed by atoms with van der Waals surface area (Å²) in [6.07, 6.45) is 2.51. The van der Waals surface area contributed by atoms with Crippen LogP contribution in [0.4, 0.5) is 14.5 Å². The van der Waals surface area contributed by atoms with Gasteiger partial charge in [-0.15, -0.1) is 11.8 Å². The highest BCUT2D eigenvalue weighted by Crippen LogP contribution is 2.32. The van der Waals surface area contributed by atoms with Crippen molar-refractivity contribution in [2.24, 2.45) is 0 Å². The van der Waals surface area contributed by atoms with Gasteiger partial charge in [0.1, 0.15) is 11.9 Å². The Morgan fingerprint density at radius 1 is 1.19 bits per heavy atom. The molecular weight excluding hydrogens is 518 g/mol. The third kappa shape index (κ3) is 7.90. The molecule has 2 N–H and O–H groups in total. The predicted octanol–water partition coefficient (Wildman–Crippen LogP) is 4.70. The van der Waals surface area contributed by atoms with E-state index in [4.69, 9.17) is 0 Å². The molecule has 1 saturated carbocycles. The van der Waals surface area contributed by atoms with Crippen LogP contribution in [-0.4, -0.2) is 57.3 Å². The average Bonchev–Trinajstić information content (AvgIpc) is 2.86. The number of carbonyl (C=O) groups excluding carboxylic acids is 1. The molecule has 1 amide bonds. The Kier molecular flexibility index (Phi) is 9.93. The Balaban J connectivity index is 1.76. The molecule has 0 spiro atoms. The summed E-state index contributed by atoms with van der Waals surface area (Å²) in [5.41, 5.74) is -1.73. The Labute approximate surface area is 221 Å². The van der Waals surface area contributed by atoms with Crippen LogP contribution in [0.15, 0.2) is 52.3 Å². The van der Waals surface area contributed by atoms with Gasteiger partial charge in [-0.05, 0) is 83.1 Å². The molecule has 3 rings (SSSR count). The van der Waals surface area contributed by atoms with Crippen molar-refractivity contribution < 1.29 is 22.0 Å². The van der Waals surface area contributed by atoms with Crippen molar-refractivity contribution in [3.05, 3.63) is 53.8 Å². The fourth-order valence-electron chi connectivity index (χ4n) is 4.10. The van der Waals surface area contributed by atoms with Crippen LogP contribution in [0.25, 0.3) is 0 Å². The fraction of sp³-hybridized carbons (Fsp3) is 0.462. The molecule has 0 bridgehead atoms. The van der Waals surface area contributed by atoms with Gasteiger partial charge in [0.25, 0.3) is 15.9 Å². The summed E-state index contributed by atoms with van der Waals surface area (Å²) in [5, 5.41) is 13.0. The van der Waals surface area contributed by atoms with Crippen LogP contribution in [-0.2, 0) is 14.8 Å². The van der Waals surface area contributed by atoms with Crippen molar-refractivity contribution in [2.75, 3.05) is 31.7 Å². The van der Waals surface area contributed by atoms with Crippen LogP contribution in [0.2, 0.25) is 0 Å². The summed E-state index contributed by atoms with van der Waals surface area (Å²) in [6, 6.07) is 12.2. The number of hydrogen-bond donors (Lipinski definition) is 2. The molecule has 1 fully saturated rings. The molecule has 0 radical (unpaired) electrons. The molecule has 1 atom stereocenters. The summed E-state index contributed by atoms with van der Waals surface area (Å²) < 4.78 is 56.5. The lowest BCUT2D eigenvalue weighted by Gasteiger charge is -2.27. The Morgan fingerprint density at radius 2 is 1.89 bits per heavy atom. The molecular formula is C26H32F2N4O3S2. The number of halogens is 2. The molecule has 0 aromatic heterocycles. The number of amides is 1. The highest BCUT2D eigenvalue weighted by molar-refractivity contribution is 7.99. The maximum absolute atomic E-state index is 14.9. The first kappa shape index (κ1) is 28.9. The summed E-state index contributed by atoms with van der Waals surface area (Å²) in [4.78, 5) is 14.7. The maximum Gasteiger partial charge on any atom is 0.271 e. The van der Waals surface area contributed by atoms with E-state index >= 15 is 0 Å². The number of nitrogens with one attached hydrogen (secondary N) is 2. The molecule has 0 saturated heterocycles. The van der Waals surface area contributed by atoms with E-state index in [0.717, 1.165) is 19.0 Å². The van der Waals surface area contributed by atoms with Crippen LogP contribution in [0.1, 0.15) is 44.1 Å². The van der Waals surface area contributed by atoms with Gasteiger partial charge in [0.05, 0.1) is 16.1 Å².